The standard InChI is InChI=1S/C12H19BO7/c1-12(2,3)18-9(14)7-8-5-6-13(19-8)20-11(16)10(15)17-4/h8H,5-7H2,1-4H3/t8-/m0/s1. The zero-order chi connectivity index (χ0) is 15.3. The highest BCUT2D eigenvalue weighted by molar-refractivity contribution is 6.51. The van der Waals surface area contributed by atoms with Crippen molar-refractivity contribution in [2.24, 2.45) is 0 Å². The molecule has 1 aliphatic rings. The predicted octanol–water partition coefficient (Wildman–Crippen LogP) is 0.711. The maximum absolute atomic E-state index is 11.6. The van der Waals surface area contributed by atoms with Gasteiger partial charge in [0.05, 0.1) is 19.6 Å². The van der Waals surface area contributed by atoms with Crippen molar-refractivity contribution < 1.29 is 33.2 Å². The average molecular weight is 286 g/mol. The van der Waals surface area contributed by atoms with E-state index < -0.39 is 24.7 Å². The largest absolute Gasteiger partial charge is 0.527 e. The van der Waals surface area contributed by atoms with Gasteiger partial charge in [-0.05, 0) is 33.5 Å². The lowest BCUT2D eigenvalue weighted by Crippen LogP contribution is -2.30. The first-order valence-electron chi connectivity index (χ1n) is 6.37. The topological polar surface area (TPSA) is 88.1 Å². The molecule has 0 amide bonds. The molecule has 1 rings (SSSR count). The molecular weight excluding hydrogens is 267 g/mol. The van der Waals surface area contributed by atoms with Crippen LogP contribution in [0.4, 0.5) is 0 Å². The number of carbonyl (C=O) groups is 3. The summed E-state index contributed by atoms with van der Waals surface area (Å²) in [5.41, 5.74) is -0.549. The Morgan fingerprint density at radius 2 is 1.90 bits per heavy atom. The summed E-state index contributed by atoms with van der Waals surface area (Å²) in [6.45, 7) is 5.34. The van der Waals surface area contributed by atoms with Gasteiger partial charge in [0.15, 0.2) is 0 Å². The maximum Gasteiger partial charge on any atom is 0.527 e. The highest BCUT2D eigenvalue weighted by atomic mass is 16.6. The van der Waals surface area contributed by atoms with Crippen LogP contribution in [-0.4, -0.2) is 43.8 Å². The van der Waals surface area contributed by atoms with E-state index >= 15 is 0 Å². The summed E-state index contributed by atoms with van der Waals surface area (Å²) < 4.78 is 19.5. The number of hydrogen-bond donors (Lipinski definition) is 0. The molecule has 0 bridgehead atoms. The molecule has 0 aliphatic carbocycles. The lowest BCUT2D eigenvalue weighted by atomic mass is 9.86. The third-order valence-electron chi connectivity index (χ3n) is 2.47. The van der Waals surface area contributed by atoms with Gasteiger partial charge in [0.1, 0.15) is 5.60 Å². The van der Waals surface area contributed by atoms with Gasteiger partial charge in [0.2, 0.25) is 0 Å². The van der Waals surface area contributed by atoms with Gasteiger partial charge in [-0.15, -0.1) is 0 Å². The number of methoxy groups -OCH3 is 1. The van der Waals surface area contributed by atoms with Gasteiger partial charge in [-0.1, -0.05) is 0 Å². The zero-order valence-electron chi connectivity index (χ0n) is 12.1. The summed E-state index contributed by atoms with van der Waals surface area (Å²) in [5, 5.41) is 0. The number of carbonyl (C=O) groups excluding carboxylic acids is 3. The first-order valence-corrected chi connectivity index (χ1v) is 6.37. The molecule has 8 heteroatoms. The molecule has 0 saturated carbocycles. The van der Waals surface area contributed by atoms with Crippen LogP contribution in [0.15, 0.2) is 0 Å². The van der Waals surface area contributed by atoms with E-state index in [4.69, 9.17) is 14.0 Å². The van der Waals surface area contributed by atoms with Gasteiger partial charge >= 0.3 is 25.0 Å². The predicted molar refractivity (Wildman–Crippen MR) is 68.6 cm³/mol. The molecule has 0 spiro atoms. The van der Waals surface area contributed by atoms with Gasteiger partial charge < -0.3 is 18.8 Å². The Morgan fingerprint density at radius 3 is 2.45 bits per heavy atom. The van der Waals surface area contributed by atoms with Crippen molar-refractivity contribution in [3.05, 3.63) is 0 Å². The van der Waals surface area contributed by atoms with E-state index in [-0.39, 0.29) is 18.5 Å². The molecule has 112 valence electrons. The van der Waals surface area contributed by atoms with Crippen molar-refractivity contribution in [1.82, 2.24) is 0 Å². The zero-order valence-corrected chi connectivity index (χ0v) is 12.1. The molecular formula is C12H19BO7. The lowest BCUT2D eigenvalue weighted by molar-refractivity contribution is -0.161. The van der Waals surface area contributed by atoms with Gasteiger partial charge in [-0.25, -0.2) is 9.59 Å². The Kier molecular flexibility index (Phi) is 5.56. The van der Waals surface area contributed by atoms with Crippen LogP contribution in [-0.2, 0) is 33.2 Å². The Hall–Kier alpha value is -1.57. The van der Waals surface area contributed by atoms with E-state index in [9.17, 15) is 14.4 Å². The van der Waals surface area contributed by atoms with Gasteiger partial charge in [0.25, 0.3) is 0 Å². The molecule has 1 fully saturated rings. The first kappa shape index (κ1) is 16.5. The van der Waals surface area contributed by atoms with Crippen molar-refractivity contribution >= 4 is 25.0 Å². The fourth-order valence-corrected chi connectivity index (χ4v) is 1.73. The van der Waals surface area contributed by atoms with Crippen LogP contribution in [0.2, 0.25) is 6.32 Å². The molecule has 0 radical (unpaired) electrons. The SMILES string of the molecule is COC(=O)C(=O)OB1CC[C@@H](CC(=O)OC(C)(C)C)O1. The molecule has 0 aromatic rings. The number of esters is 2. The minimum absolute atomic E-state index is 0.0868. The third kappa shape index (κ3) is 5.60. The molecule has 1 aliphatic heterocycles. The summed E-state index contributed by atoms with van der Waals surface area (Å²) in [7, 11) is 0.263. The van der Waals surface area contributed by atoms with Crippen LogP contribution < -0.4 is 0 Å². The summed E-state index contributed by atoms with van der Waals surface area (Å²) in [6.07, 6.45) is 0.693. The van der Waals surface area contributed by atoms with E-state index in [1.54, 1.807) is 20.8 Å². The second-order valence-electron chi connectivity index (χ2n) is 5.45. The van der Waals surface area contributed by atoms with Crippen molar-refractivity contribution in [3.63, 3.8) is 0 Å². The van der Waals surface area contributed by atoms with Crippen LogP contribution in [0.25, 0.3) is 0 Å². The Bertz CT molecular complexity index is 388. The summed E-state index contributed by atoms with van der Waals surface area (Å²) in [6, 6.07) is 0. The Labute approximate surface area is 118 Å². The second kappa shape index (κ2) is 6.74. The van der Waals surface area contributed by atoms with Crippen molar-refractivity contribution in [2.45, 2.75) is 51.6 Å². The van der Waals surface area contributed by atoms with E-state index in [1.165, 1.54) is 0 Å². The molecule has 0 aromatic carbocycles. The molecule has 0 N–H and O–H groups in total. The van der Waals surface area contributed by atoms with Gasteiger partial charge in [0, 0.05) is 0 Å². The first-order chi connectivity index (χ1) is 9.21. The van der Waals surface area contributed by atoms with Crippen molar-refractivity contribution in [2.75, 3.05) is 7.11 Å². The van der Waals surface area contributed by atoms with Gasteiger partial charge in [-0.2, -0.15) is 0 Å². The average Bonchev–Trinajstić information content (AvgIpc) is 2.72. The molecule has 1 heterocycles. The fourth-order valence-electron chi connectivity index (χ4n) is 1.73. The summed E-state index contributed by atoms with van der Waals surface area (Å²) in [4.78, 5) is 33.7. The summed E-state index contributed by atoms with van der Waals surface area (Å²) >= 11 is 0. The highest BCUT2D eigenvalue weighted by Gasteiger charge is 2.37. The van der Waals surface area contributed by atoms with E-state index in [1.807, 2.05) is 0 Å². The number of rotatable bonds is 3. The number of hydrogen-bond acceptors (Lipinski definition) is 7. The Morgan fingerprint density at radius 1 is 1.25 bits per heavy atom. The smallest absolute Gasteiger partial charge is 0.501 e. The van der Waals surface area contributed by atoms with Crippen LogP contribution in [0, 0.1) is 0 Å². The quantitative estimate of drug-likeness (QED) is 0.429. The molecule has 1 atom stereocenters. The molecule has 7 nitrogen and oxygen atoms in total. The van der Waals surface area contributed by atoms with Crippen LogP contribution >= 0.6 is 0 Å². The molecule has 0 aromatic heterocycles. The maximum atomic E-state index is 11.6. The second-order valence-corrected chi connectivity index (χ2v) is 5.45. The van der Waals surface area contributed by atoms with Crippen LogP contribution in [0.3, 0.4) is 0 Å². The Balaban J connectivity index is 2.35. The number of ether oxygens (including phenoxy) is 2. The molecule has 0 unspecified atom stereocenters. The molecule has 1 saturated heterocycles. The fraction of sp³-hybridized carbons (Fsp3) is 0.750. The van der Waals surface area contributed by atoms with Crippen LogP contribution in [0.1, 0.15) is 33.6 Å². The lowest BCUT2D eigenvalue weighted by Gasteiger charge is -2.20. The monoisotopic (exact) mass is 286 g/mol. The third-order valence-corrected chi connectivity index (χ3v) is 2.47. The normalized spacial score (nSPS) is 18.6. The van der Waals surface area contributed by atoms with E-state index in [0.717, 1.165) is 7.11 Å². The summed E-state index contributed by atoms with van der Waals surface area (Å²) in [5.74, 6) is -2.55. The van der Waals surface area contributed by atoms with E-state index in [0.29, 0.717) is 12.7 Å². The van der Waals surface area contributed by atoms with Crippen molar-refractivity contribution in [1.29, 1.82) is 0 Å². The van der Waals surface area contributed by atoms with Gasteiger partial charge in [-0.3, -0.25) is 4.79 Å². The minimum atomic E-state index is -1.10. The van der Waals surface area contributed by atoms with Crippen LogP contribution in [0.5, 0.6) is 0 Å². The highest BCUT2D eigenvalue weighted by Crippen LogP contribution is 2.22. The van der Waals surface area contributed by atoms with E-state index in [2.05, 4.69) is 4.74 Å². The minimum Gasteiger partial charge on any atom is -0.501 e. The molecule has 20 heavy (non-hydrogen) atoms. The van der Waals surface area contributed by atoms with Crippen molar-refractivity contribution in [3.8, 4) is 0 Å².